The number of amides is 1. The molecule has 1 aromatic heterocycles. The van der Waals surface area contributed by atoms with E-state index < -0.39 is 0 Å². The molecule has 1 heterocycles. The first kappa shape index (κ1) is 14.3. The number of halogens is 1. The molecule has 0 saturated carbocycles. The molecule has 0 aliphatic heterocycles. The van der Waals surface area contributed by atoms with Crippen molar-refractivity contribution in [3.63, 3.8) is 0 Å². The van der Waals surface area contributed by atoms with Gasteiger partial charge >= 0.3 is 0 Å². The Morgan fingerprint density at radius 2 is 2.00 bits per heavy atom. The number of rotatable bonds is 5. The van der Waals surface area contributed by atoms with E-state index >= 15 is 0 Å². The van der Waals surface area contributed by atoms with Crippen molar-refractivity contribution in [3.8, 4) is 0 Å². The molecule has 0 aliphatic carbocycles. The Kier molecular flexibility index (Phi) is 4.96. The van der Waals surface area contributed by atoms with Crippen molar-refractivity contribution in [1.29, 1.82) is 0 Å². The van der Waals surface area contributed by atoms with Gasteiger partial charge in [0.05, 0.1) is 5.56 Å². The average Bonchev–Trinajstić information content (AvgIpc) is 2.45. The highest BCUT2D eigenvalue weighted by atomic mass is 35.5. The Labute approximate surface area is 123 Å². The zero-order valence-electron chi connectivity index (χ0n) is 11.2. The van der Waals surface area contributed by atoms with E-state index in [9.17, 15) is 4.79 Å². The van der Waals surface area contributed by atoms with Gasteiger partial charge in [-0.25, -0.2) is 4.98 Å². The summed E-state index contributed by atoms with van der Waals surface area (Å²) in [7, 11) is 0. The lowest BCUT2D eigenvalue weighted by Gasteiger charge is -2.11. The third-order valence-corrected chi connectivity index (χ3v) is 2.90. The third kappa shape index (κ3) is 3.71. The van der Waals surface area contributed by atoms with Gasteiger partial charge in [0.1, 0.15) is 11.0 Å². The van der Waals surface area contributed by atoms with Crippen LogP contribution in [0, 0.1) is 0 Å². The summed E-state index contributed by atoms with van der Waals surface area (Å²) in [6, 6.07) is 12.5. The fourth-order valence-corrected chi connectivity index (χ4v) is 1.92. The zero-order chi connectivity index (χ0) is 14.4. The Morgan fingerprint density at radius 3 is 2.75 bits per heavy atom. The summed E-state index contributed by atoms with van der Waals surface area (Å²) in [4.78, 5) is 16.3. The fourth-order valence-electron chi connectivity index (χ4n) is 1.76. The van der Waals surface area contributed by atoms with E-state index in [-0.39, 0.29) is 5.91 Å². The number of nitrogens with zero attached hydrogens (tertiary/aromatic N) is 1. The number of hydrogen-bond donors (Lipinski definition) is 2. The monoisotopic (exact) mass is 289 g/mol. The summed E-state index contributed by atoms with van der Waals surface area (Å²) in [6.07, 6.45) is 0.992. The summed E-state index contributed by atoms with van der Waals surface area (Å²) in [6.45, 7) is 2.89. The maximum atomic E-state index is 12.3. The van der Waals surface area contributed by atoms with Gasteiger partial charge < -0.3 is 10.6 Å². The summed E-state index contributed by atoms with van der Waals surface area (Å²) >= 11 is 5.80. The number of anilines is 2. The molecule has 2 rings (SSSR count). The smallest absolute Gasteiger partial charge is 0.258 e. The largest absolute Gasteiger partial charge is 0.384 e. The second-order valence-corrected chi connectivity index (χ2v) is 4.66. The molecule has 5 heteroatoms. The molecule has 104 valence electrons. The number of pyridine rings is 1. The third-order valence-electron chi connectivity index (χ3n) is 2.69. The number of carbonyl (C=O) groups excluding carboxylic acids is 1. The Morgan fingerprint density at radius 1 is 1.20 bits per heavy atom. The van der Waals surface area contributed by atoms with Crippen LogP contribution in [0.2, 0.25) is 5.15 Å². The maximum absolute atomic E-state index is 12.3. The van der Waals surface area contributed by atoms with Crippen molar-refractivity contribution in [1.82, 2.24) is 4.98 Å². The number of hydrogen-bond acceptors (Lipinski definition) is 3. The second-order valence-electron chi connectivity index (χ2n) is 4.27. The molecule has 0 fully saturated rings. The molecule has 0 spiro atoms. The molecule has 1 amide bonds. The summed E-state index contributed by atoms with van der Waals surface area (Å²) < 4.78 is 0. The van der Waals surface area contributed by atoms with Crippen LogP contribution in [0.5, 0.6) is 0 Å². The number of para-hydroxylation sites is 1. The highest BCUT2D eigenvalue weighted by Gasteiger charge is 2.11. The van der Waals surface area contributed by atoms with Gasteiger partial charge in [0.25, 0.3) is 5.91 Å². The van der Waals surface area contributed by atoms with Crippen LogP contribution < -0.4 is 10.6 Å². The predicted molar refractivity (Wildman–Crippen MR) is 82.4 cm³/mol. The molecule has 0 atom stereocenters. The molecular weight excluding hydrogens is 274 g/mol. The first-order chi connectivity index (χ1) is 9.70. The second kappa shape index (κ2) is 6.91. The van der Waals surface area contributed by atoms with E-state index in [2.05, 4.69) is 22.5 Å². The molecular formula is C15H16ClN3O. The minimum Gasteiger partial charge on any atom is -0.384 e. The molecule has 1 aromatic carbocycles. The molecule has 0 radical (unpaired) electrons. The predicted octanol–water partition coefficient (Wildman–Crippen LogP) is 3.81. The van der Waals surface area contributed by atoms with Crippen molar-refractivity contribution < 1.29 is 4.79 Å². The van der Waals surface area contributed by atoms with Crippen molar-refractivity contribution in [3.05, 3.63) is 53.2 Å². The van der Waals surface area contributed by atoms with E-state index in [0.29, 0.717) is 16.5 Å². The van der Waals surface area contributed by atoms with Crippen LogP contribution in [0.4, 0.5) is 11.5 Å². The SMILES string of the molecule is CCCNc1ccccc1C(=O)Nc1cccc(Cl)n1. The lowest BCUT2D eigenvalue weighted by atomic mass is 10.1. The van der Waals surface area contributed by atoms with Crippen LogP contribution in [0.1, 0.15) is 23.7 Å². The minimum atomic E-state index is -0.209. The molecule has 0 bridgehead atoms. The standard InChI is InChI=1S/C15H16ClN3O/c1-2-10-17-12-7-4-3-6-11(12)15(20)19-14-9-5-8-13(16)18-14/h3-9,17H,2,10H2,1H3,(H,18,19,20). The van der Waals surface area contributed by atoms with E-state index in [1.807, 2.05) is 18.2 Å². The van der Waals surface area contributed by atoms with Gasteiger partial charge in [-0.05, 0) is 30.7 Å². The summed E-state index contributed by atoms with van der Waals surface area (Å²) in [5.74, 6) is 0.228. The number of carbonyl (C=O) groups is 1. The van der Waals surface area contributed by atoms with Crippen molar-refractivity contribution >= 4 is 29.0 Å². The van der Waals surface area contributed by atoms with Crippen molar-refractivity contribution in [2.45, 2.75) is 13.3 Å². The van der Waals surface area contributed by atoms with Crippen LogP contribution in [0.3, 0.4) is 0 Å². The minimum absolute atomic E-state index is 0.209. The van der Waals surface area contributed by atoms with Gasteiger partial charge in [-0.2, -0.15) is 0 Å². The van der Waals surface area contributed by atoms with Gasteiger partial charge in [0.15, 0.2) is 0 Å². The summed E-state index contributed by atoms with van der Waals surface area (Å²) in [5, 5.41) is 6.32. The van der Waals surface area contributed by atoms with Crippen LogP contribution in [0.25, 0.3) is 0 Å². The quantitative estimate of drug-likeness (QED) is 0.823. The lowest BCUT2D eigenvalue weighted by molar-refractivity contribution is 0.102. The molecule has 2 N–H and O–H groups in total. The van der Waals surface area contributed by atoms with Crippen molar-refractivity contribution in [2.75, 3.05) is 17.2 Å². The van der Waals surface area contributed by atoms with Crippen LogP contribution in [0.15, 0.2) is 42.5 Å². The fraction of sp³-hybridized carbons (Fsp3) is 0.200. The van der Waals surface area contributed by atoms with Gasteiger partial charge in [0.2, 0.25) is 0 Å². The molecule has 20 heavy (non-hydrogen) atoms. The summed E-state index contributed by atoms with van der Waals surface area (Å²) in [5.41, 5.74) is 1.40. The zero-order valence-corrected chi connectivity index (χ0v) is 11.9. The lowest BCUT2D eigenvalue weighted by Crippen LogP contribution is -2.15. The first-order valence-electron chi connectivity index (χ1n) is 6.47. The first-order valence-corrected chi connectivity index (χ1v) is 6.85. The van der Waals surface area contributed by atoms with Gasteiger partial charge in [-0.3, -0.25) is 4.79 Å². The highest BCUT2D eigenvalue weighted by Crippen LogP contribution is 2.17. The molecule has 2 aromatic rings. The molecule has 0 unspecified atom stereocenters. The van der Waals surface area contributed by atoms with E-state index in [0.717, 1.165) is 18.7 Å². The number of aromatic nitrogens is 1. The number of benzene rings is 1. The maximum Gasteiger partial charge on any atom is 0.258 e. The molecule has 0 saturated heterocycles. The molecule has 0 aliphatic rings. The topological polar surface area (TPSA) is 54.0 Å². The highest BCUT2D eigenvalue weighted by molar-refractivity contribution is 6.29. The normalized spacial score (nSPS) is 10.1. The van der Waals surface area contributed by atoms with Crippen LogP contribution in [-0.2, 0) is 0 Å². The van der Waals surface area contributed by atoms with Crippen molar-refractivity contribution in [2.24, 2.45) is 0 Å². The van der Waals surface area contributed by atoms with E-state index in [4.69, 9.17) is 11.6 Å². The Balaban J connectivity index is 2.16. The van der Waals surface area contributed by atoms with Gasteiger partial charge in [-0.1, -0.05) is 36.7 Å². The molecule has 4 nitrogen and oxygen atoms in total. The number of nitrogens with one attached hydrogen (secondary N) is 2. The van der Waals surface area contributed by atoms with E-state index in [1.54, 1.807) is 24.3 Å². The Bertz CT molecular complexity index is 601. The van der Waals surface area contributed by atoms with Crippen LogP contribution in [-0.4, -0.2) is 17.4 Å². The average molecular weight is 290 g/mol. The Hall–Kier alpha value is -2.07. The van der Waals surface area contributed by atoms with Gasteiger partial charge in [-0.15, -0.1) is 0 Å². The van der Waals surface area contributed by atoms with E-state index in [1.165, 1.54) is 0 Å². The van der Waals surface area contributed by atoms with Gasteiger partial charge in [0, 0.05) is 12.2 Å². The van der Waals surface area contributed by atoms with Crippen LogP contribution >= 0.6 is 11.6 Å².